The van der Waals surface area contributed by atoms with E-state index in [0.717, 1.165) is 44.1 Å². The Balaban J connectivity index is 1.56. The summed E-state index contributed by atoms with van der Waals surface area (Å²) in [6.45, 7) is 4.77. The van der Waals surface area contributed by atoms with E-state index < -0.39 is 0 Å². The zero-order chi connectivity index (χ0) is 21.9. The number of furan rings is 1. The molecule has 1 aliphatic heterocycles. The Morgan fingerprint density at radius 2 is 2.00 bits per heavy atom. The molecule has 0 aliphatic carbocycles. The number of hydrogen-bond acceptors (Lipinski definition) is 4. The molecular formula is C24H34N4O3. The fourth-order valence-corrected chi connectivity index (χ4v) is 3.71. The molecule has 2 heterocycles. The molecule has 31 heavy (non-hydrogen) atoms. The first-order chi connectivity index (χ1) is 15.2. The SMILES string of the molecule is COCCC(=O)N1CCC(NC(=NCCc2ccco2)NC(C)c2ccccc2)CC1. The molecule has 0 radical (unpaired) electrons. The van der Waals surface area contributed by atoms with E-state index in [2.05, 4.69) is 29.7 Å². The number of likely N-dealkylation sites (tertiary alicyclic amines) is 1. The van der Waals surface area contributed by atoms with E-state index in [4.69, 9.17) is 14.1 Å². The molecule has 3 rings (SSSR count). The maximum Gasteiger partial charge on any atom is 0.224 e. The van der Waals surface area contributed by atoms with Crippen molar-refractivity contribution in [1.29, 1.82) is 0 Å². The fourth-order valence-electron chi connectivity index (χ4n) is 3.71. The van der Waals surface area contributed by atoms with Crippen LogP contribution in [-0.4, -0.2) is 56.2 Å². The van der Waals surface area contributed by atoms with E-state index in [1.807, 2.05) is 35.2 Å². The van der Waals surface area contributed by atoms with Crippen molar-refractivity contribution >= 4 is 11.9 Å². The zero-order valence-corrected chi connectivity index (χ0v) is 18.5. The summed E-state index contributed by atoms with van der Waals surface area (Å²) in [4.78, 5) is 18.9. The molecule has 1 amide bonds. The van der Waals surface area contributed by atoms with Gasteiger partial charge in [-0.05, 0) is 37.5 Å². The number of hydrogen-bond donors (Lipinski definition) is 2. The van der Waals surface area contributed by atoms with Crippen LogP contribution in [0.15, 0.2) is 58.1 Å². The van der Waals surface area contributed by atoms with Crippen LogP contribution in [-0.2, 0) is 16.0 Å². The van der Waals surface area contributed by atoms with Crippen LogP contribution in [0.25, 0.3) is 0 Å². The second-order valence-electron chi connectivity index (χ2n) is 7.88. The Kier molecular flexibility index (Phi) is 8.97. The average molecular weight is 427 g/mol. The van der Waals surface area contributed by atoms with Gasteiger partial charge in [-0.15, -0.1) is 0 Å². The molecular weight excluding hydrogens is 392 g/mol. The van der Waals surface area contributed by atoms with E-state index >= 15 is 0 Å². The summed E-state index contributed by atoms with van der Waals surface area (Å²) in [5.41, 5.74) is 1.21. The van der Waals surface area contributed by atoms with E-state index in [1.165, 1.54) is 5.56 Å². The topological polar surface area (TPSA) is 79.1 Å². The molecule has 1 aromatic heterocycles. The van der Waals surface area contributed by atoms with Gasteiger partial charge >= 0.3 is 0 Å². The number of nitrogens with one attached hydrogen (secondary N) is 2. The lowest BCUT2D eigenvalue weighted by atomic mass is 10.0. The molecule has 1 saturated heterocycles. The third-order valence-electron chi connectivity index (χ3n) is 5.57. The minimum Gasteiger partial charge on any atom is -0.469 e. The molecule has 1 fully saturated rings. The van der Waals surface area contributed by atoms with Crippen molar-refractivity contribution in [2.45, 2.75) is 44.7 Å². The number of guanidine groups is 1. The van der Waals surface area contributed by atoms with Gasteiger partial charge in [0.25, 0.3) is 0 Å². The molecule has 1 aromatic carbocycles. The second-order valence-corrected chi connectivity index (χ2v) is 7.88. The number of carbonyl (C=O) groups is 1. The van der Waals surface area contributed by atoms with E-state index in [0.29, 0.717) is 19.6 Å². The van der Waals surface area contributed by atoms with Crippen molar-refractivity contribution in [3.8, 4) is 0 Å². The summed E-state index contributed by atoms with van der Waals surface area (Å²) in [6, 6.07) is 14.6. The molecule has 1 unspecified atom stereocenters. The smallest absolute Gasteiger partial charge is 0.224 e. The van der Waals surface area contributed by atoms with Crippen LogP contribution in [0.5, 0.6) is 0 Å². The van der Waals surface area contributed by atoms with Gasteiger partial charge in [-0.3, -0.25) is 9.79 Å². The molecule has 7 nitrogen and oxygen atoms in total. The highest BCUT2D eigenvalue weighted by Gasteiger charge is 2.23. The molecule has 1 atom stereocenters. The summed E-state index contributed by atoms with van der Waals surface area (Å²) >= 11 is 0. The highest BCUT2D eigenvalue weighted by atomic mass is 16.5. The maximum absolute atomic E-state index is 12.2. The number of rotatable bonds is 9. The van der Waals surface area contributed by atoms with Gasteiger partial charge < -0.3 is 24.7 Å². The van der Waals surface area contributed by atoms with E-state index in [-0.39, 0.29) is 18.0 Å². The number of amides is 1. The molecule has 0 spiro atoms. The molecule has 0 bridgehead atoms. The number of methoxy groups -OCH3 is 1. The third-order valence-corrected chi connectivity index (χ3v) is 5.57. The van der Waals surface area contributed by atoms with Crippen molar-refractivity contribution < 1.29 is 13.9 Å². The molecule has 2 aromatic rings. The standard InChI is InChI=1S/C24H34N4O3/c1-19(20-7-4-3-5-8-20)26-24(25-14-10-22-9-6-17-31-22)27-21-11-15-28(16-12-21)23(29)13-18-30-2/h3-9,17,19,21H,10-16,18H2,1-2H3,(H2,25,26,27). The lowest BCUT2D eigenvalue weighted by molar-refractivity contribution is -0.133. The van der Waals surface area contributed by atoms with Gasteiger partial charge in [-0.25, -0.2) is 0 Å². The van der Waals surface area contributed by atoms with Crippen LogP contribution in [0, 0.1) is 0 Å². The highest BCUT2D eigenvalue weighted by Crippen LogP contribution is 2.14. The fraction of sp³-hybridized carbons (Fsp3) is 0.500. The van der Waals surface area contributed by atoms with Gasteiger partial charge in [0.15, 0.2) is 5.96 Å². The number of nitrogens with zero attached hydrogens (tertiary/aromatic N) is 2. The summed E-state index contributed by atoms with van der Waals surface area (Å²) in [7, 11) is 1.62. The summed E-state index contributed by atoms with van der Waals surface area (Å²) in [5, 5.41) is 7.12. The lowest BCUT2D eigenvalue weighted by Crippen LogP contribution is -2.50. The first-order valence-electron chi connectivity index (χ1n) is 11.1. The Morgan fingerprint density at radius 3 is 2.68 bits per heavy atom. The quantitative estimate of drug-likeness (QED) is 0.476. The minimum atomic E-state index is 0.131. The summed E-state index contributed by atoms with van der Waals surface area (Å²) in [5.74, 6) is 1.90. The largest absolute Gasteiger partial charge is 0.469 e. The van der Waals surface area contributed by atoms with Gasteiger partial charge in [0.05, 0.1) is 25.3 Å². The Labute approximate surface area is 184 Å². The van der Waals surface area contributed by atoms with Gasteiger partial charge in [0, 0.05) is 39.2 Å². The number of benzene rings is 1. The number of ether oxygens (including phenoxy) is 1. The van der Waals surface area contributed by atoms with Crippen molar-refractivity contribution in [1.82, 2.24) is 15.5 Å². The van der Waals surface area contributed by atoms with Crippen LogP contribution in [0.1, 0.15) is 43.6 Å². The molecule has 0 saturated carbocycles. The molecule has 1 aliphatic rings. The van der Waals surface area contributed by atoms with Crippen molar-refractivity contribution in [2.75, 3.05) is 33.4 Å². The van der Waals surface area contributed by atoms with E-state index in [9.17, 15) is 4.79 Å². The van der Waals surface area contributed by atoms with E-state index in [1.54, 1.807) is 13.4 Å². The summed E-state index contributed by atoms with van der Waals surface area (Å²) < 4.78 is 10.4. The number of piperidine rings is 1. The molecule has 2 N–H and O–H groups in total. The maximum atomic E-state index is 12.2. The zero-order valence-electron chi connectivity index (χ0n) is 18.5. The number of carbonyl (C=O) groups excluding carboxylic acids is 1. The monoisotopic (exact) mass is 426 g/mol. The first-order valence-corrected chi connectivity index (χ1v) is 11.1. The van der Waals surface area contributed by atoms with Crippen molar-refractivity contribution in [3.63, 3.8) is 0 Å². The Bertz CT molecular complexity index is 799. The van der Waals surface area contributed by atoms with Gasteiger partial charge in [0.2, 0.25) is 5.91 Å². The predicted octanol–water partition coefficient (Wildman–Crippen LogP) is 3.15. The van der Waals surface area contributed by atoms with Gasteiger partial charge in [0.1, 0.15) is 5.76 Å². The summed E-state index contributed by atoms with van der Waals surface area (Å²) in [6.07, 6.45) is 4.69. The average Bonchev–Trinajstić information content (AvgIpc) is 3.32. The van der Waals surface area contributed by atoms with Crippen molar-refractivity contribution in [3.05, 3.63) is 60.1 Å². The molecule has 7 heteroatoms. The predicted molar refractivity (Wildman–Crippen MR) is 122 cm³/mol. The first kappa shape index (κ1) is 22.9. The van der Waals surface area contributed by atoms with Gasteiger partial charge in [-0.2, -0.15) is 0 Å². The van der Waals surface area contributed by atoms with Crippen LogP contribution < -0.4 is 10.6 Å². The number of aliphatic imine (C=N–C) groups is 1. The van der Waals surface area contributed by atoms with Crippen LogP contribution in [0.3, 0.4) is 0 Å². The lowest BCUT2D eigenvalue weighted by Gasteiger charge is -2.33. The second kappa shape index (κ2) is 12.2. The minimum absolute atomic E-state index is 0.131. The Morgan fingerprint density at radius 1 is 1.23 bits per heavy atom. The third kappa shape index (κ3) is 7.43. The van der Waals surface area contributed by atoms with Gasteiger partial charge in [-0.1, -0.05) is 30.3 Å². The highest BCUT2D eigenvalue weighted by molar-refractivity contribution is 5.80. The van der Waals surface area contributed by atoms with Crippen LogP contribution in [0.4, 0.5) is 0 Å². The van der Waals surface area contributed by atoms with Crippen LogP contribution >= 0.6 is 0 Å². The Hall–Kier alpha value is -2.80. The normalized spacial score (nSPS) is 16.2. The van der Waals surface area contributed by atoms with Crippen LogP contribution in [0.2, 0.25) is 0 Å². The molecule has 168 valence electrons. The van der Waals surface area contributed by atoms with Crippen molar-refractivity contribution in [2.24, 2.45) is 4.99 Å².